The lowest BCUT2D eigenvalue weighted by atomic mass is 10.1. The maximum absolute atomic E-state index is 13.1. The Kier molecular flexibility index (Phi) is 5.30. The van der Waals surface area contributed by atoms with Crippen molar-refractivity contribution in [1.82, 2.24) is 9.97 Å². The number of benzene rings is 1. The zero-order valence-electron chi connectivity index (χ0n) is 13.6. The zero-order valence-corrected chi connectivity index (χ0v) is 14.5. The Bertz CT molecular complexity index is 849. The number of primary sulfonamides is 1. The first-order chi connectivity index (χ1) is 11.2. The van der Waals surface area contributed by atoms with Crippen molar-refractivity contribution in [2.75, 3.05) is 11.9 Å². The topological polar surface area (TPSA) is 89.2 Å². The predicted octanol–water partition coefficient (Wildman–Crippen LogP) is 2.39. The van der Waals surface area contributed by atoms with Crippen LogP contribution in [0.1, 0.15) is 19.5 Å². The van der Waals surface area contributed by atoms with Crippen LogP contribution >= 0.6 is 0 Å². The molecule has 0 saturated carbocycles. The summed E-state index contributed by atoms with van der Waals surface area (Å²) in [6.45, 7) is 3.98. The highest BCUT2D eigenvalue weighted by Gasteiger charge is 2.16. The Morgan fingerprint density at radius 3 is 2.42 bits per heavy atom. The van der Waals surface area contributed by atoms with Crippen LogP contribution in [0.15, 0.2) is 35.9 Å². The van der Waals surface area contributed by atoms with E-state index in [9.17, 15) is 12.8 Å². The Morgan fingerprint density at radius 1 is 1.25 bits per heavy atom. The first-order valence-electron chi connectivity index (χ1n) is 7.24. The van der Waals surface area contributed by atoms with E-state index in [1.807, 2.05) is 25.8 Å². The van der Waals surface area contributed by atoms with Gasteiger partial charge in [0.25, 0.3) is 0 Å². The molecule has 0 spiro atoms. The minimum atomic E-state index is -3.74. The minimum Gasteiger partial charge on any atom is -0.355 e. The van der Waals surface area contributed by atoms with E-state index in [-0.39, 0.29) is 11.9 Å². The number of hydrogen-bond acceptors (Lipinski definition) is 5. The fourth-order valence-corrected chi connectivity index (χ4v) is 2.27. The standard InChI is InChI=1S/C16H19FN4O2S/c1-11(2)21(3)16-15(12-4-6-13(17)7-5-12)19-10-14(20-16)8-9-24(18,22)23/h4-11H,1-3H3,(H2,18,22,23)/b9-8+. The SMILES string of the molecule is CC(C)N(C)c1nc(/C=C/S(N)(=O)=O)cnc1-c1ccc(F)cc1. The number of nitrogens with zero attached hydrogens (tertiary/aromatic N) is 3. The monoisotopic (exact) mass is 350 g/mol. The van der Waals surface area contributed by atoms with Crippen LogP contribution in [-0.2, 0) is 10.0 Å². The van der Waals surface area contributed by atoms with Gasteiger partial charge >= 0.3 is 0 Å². The van der Waals surface area contributed by atoms with Crippen molar-refractivity contribution in [3.05, 3.63) is 47.4 Å². The lowest BCUT2D eigenvalue weighted by molar-refractivity contribution is 0.606. The molecule has 0 radical (unpaired) electrons. The Balaban J connectivity index is 2.54. The second-order valence-corrected chi connectivity index (χ2v) is 7.02. The fraction of sp³-hybridized carbons (Fsp3) is 0.250. The van der Waals surface area contributed by atoms with E-state index in [0.29, 0.717) is 22.8 Å². The molecule has 2 rings (SSSR count). The van der Waals surface area contributed by atoms with E-state index in [4.69, 9.17) is 5.14 Å². The third kappa shape index (κ3) is 4.59. The van der Waals surface area contributed by atoms with Crippen LogP contribution in [0.3, 0.4) is 0 Å². The molecular weight excluding hydrogens is 331 g/mol. The van der Waals surface area contributed by atoms with Crippen LogP contribution in [0, 0.1) is 5.82 Å². The van der Waals surface area contributed by atoms with Gasteiger partial charge in [0.2, 0.25) is 10.0 Å². The molecule has 24 heavy (non-hydrogen) atoms. The molecule has 0 amide bonds. The highest BCUT2D eigenvalue weighted by atomic mass is 32.2. The summed E-state index contributed by atoms with van der Waals surface area (Å²) in [4.78, 5) is 10.7. The summed E-state index contributed by atoms with van der Waals surface area (Å²) in [6, 6.07) is 6.08. The smallest absolute Gasteiger partial charge is 0.231 e. The van der Waals surface area contributed by atoms with Crippen LogP contribution in [0.4, 0.5) is 10.2 Å². The van der Waals surface area contributed by atoms with Crippen molar-refractivity contribution in [3.8, 4) is 11.3 Å². The van der Waals surface area contributed by atoms with Gasteiger partial charge in [0.1, 0.15) is 11.5 Å². The normalized spacial score (nSPS) is 12.1. The molecule has 0 bridgehead atoms. The number of rotatable bonds is 5. The predicted molar refractivity (Wildman–Crippen MR) is 93.1 cm³/mol. The summed E-state index contributed by atoms with van der Waals surface area (Å²) in [5.41, 5.74) is 1.66. The van der Waals surface area contributed by atoms with Gasteiger partial charge in [-0.25, -0.2) is 22.9 Å². The molecule has 128 valence electrons. The average Bonchev–Trinajstić information content (AvgIpc) is 2.52. The van der Waals surface area contributed by atoms with Crippen molar-refractivity contribution in [3.63, 3.8) is 0 Å². The first kappa shape index (κ1) is 18.0. The van der Waals surface area contributed by atoms with Gasteiger partial charge in [-0.1, -0.05) is 0 Å². The van der Waals surface area contributed by atoms with E-state index < -0.39 is 10.0 Å². The van der Waals surface area contributed by atoms with Crippen LogP contribution in [0.25, 0.3) is 17.3 Å². The molecule has 2 aromatic rings. The van der Waals surface area contributed by atoms with Gasteiger partial charge in [-0.3, -0.25) is 4.98 Å². The number of aromatic nitrogens is 2. The summed E-state index contributed by atoms with van der Waals surface area (Å²) in [5, 5.41) is 5.82. The summed E-state index contributed by atoms with van der Waals surface area (Å²) >= 11 is 0. The molecule has 0 unspecified atom stereocenters. The van der Waals surface area contributed by atoms with Gasteiger partial charge in [-0.15, -0.1) is 0 Å². The zero-order chi connectivity index (χ0) is 17.9. The molecule has 8 heteroatoms. The molecule has 6 nitrogen and oxygen atoms in total. The van der Waals surface area contributed by atoms with E-state index in [1.54, 1.807) is 12.1 Å². The van der Waals surface area contributed by atoms with Crippen molar-refractivity contribution in [1.29, 1.82) is 0 Å². The number of nitrogens with two attached hydrogens (primary N) is 1. The quantitative estimate of drug-likeness (QED) is 0.894. The summed E-state index contributed by atoms with van der Waals surface area (Å²) in [7, 11) is -1.89. The molecule has 0 aliphatic heterocycles. The third-order valence-electron chi connectivity index (χ3n) is 3.43. The average molecular weight is 350 g/mol. The Morgan fingerprint density at radius 2 is 1.88 bits per heavy atom. The molecule has 2 N–H and O–H groups in total. The molecule has 0 saturated heterocycles. The second-order valence-electron chi connectivity index (χ2n) is 5.57. The first-order valence-corrected chi connectivity index (χ1v) is 8.85. The second kappa shape index (κ2) is 7.06. The Hall–Kier alpha value is -2.32. The lowest BCUT2D eigenvalue weighted by Gasteiger charge is -2.24. The Labute approximate surface area is 140 Å². The van der Waals surface area contributed by atoms with Gasteiger partial charge in [0, 0.05) is 24.1 Å². The largest absolute Gasteiger partial charge is 0.355 e. The highest BCUT2D eigenvalue weighted by Crippen LogP contribution is 2.28. The number of hydrogen-bond donors (Lipinski definition) is 1. The summed E-state index contributed by atoms with van der Waals surface area (Å²) in [6.07, 6.45) is 2.73. The van der Waals surface area contributed by atoms with Gasteiger partial charge in [0.15, 0.2) is 5.82 Å². The molecule has 1 aromatic carbocycles. The molecular formula is C16H19FN4O2S. The van der Waals surface area contributed by atoms with Crippen molar-refractivity contribution >= 4 is 21.9 Å². The molecule has 1 aromatic heterocycles. The van der Waals surface area contributed by atoms with E-state index >= 15 is 0 Å². The minimum absolute atomic E-state index is 0.135. The summed E-state index contributed by atoms with van der Waals surface area (Å²) < 4.78 is 35.2. The van der Waals surface area contributed by atoms with Crippen molar-refractivity contribution in [2.45, 2.75) is 19.9 Å². The van der Waals surface area contributed by atoms with E-state index in [0.717, 1.165) is 5.41 Å². The van der Waals surface area contributed by atoms with Crippen molar-refractivity contribution in [2.24, 2.45) is 5.14 Å². The molecule has 0 atom stereocenters. The third-order valence-corrected chi connectivity index (χ3v) is 3.94. The van der Waals surface area contributed by atoms with Crippen LogP contribution < -0.4 is 10.0 Å². The number of halogens is 1. The lowest BCUT2D eigenvalue weighted by Crippen LogP contribution is -2.27. The molecule has 0 aliphatic carbocycles. The van der Waals surface area contributed by atoms with Gasteiger partial charge in [-0.05, 0) is 44.2 Å². The van der Waals surface area contributed by atoms with Gasteiger partial charge < -0.3 is 4.90 Å². The maximum Gasteiger partial charge on any atom is 0.231 e. The van der Waals surface area contributed by atoms with Gasteiger partial charge in [-0.2, -0.15) is 0 Å². The number of sulfonamides is 1. The maximum atomic E-state index is 13.1. The van der Waals surface area contributed by atoms with Crippen LogP contribution in [0.5, 0.6) is 0 Å². The molecule has 0 fully saturated rings. The fourth-order valence-electron chi connectivity index (χ4n) is 1.94. The van der Waals surface area contributed by atoms with Crippen LogP contribution in [-0.4, -0.2) is 31.5 Å². The van der Waals surface area contributed by atoms with E-state index in [2.05, 4.69) is 9.97 Å². The van der Waals surface area contributed by atoms with Gasteiger partial charge in [0.05, 0.1) is 11.9 Å². The van der Waals surface area contributed by atoms with Crippen LogP contribution in [0.2, 0.25) is 0 Å². The molecule has 0 aliphatic rings. The molecule has 1 heterocycles. The number of anilines is 1. The van der Waals surface area contributed by atoms with Crippen molar-refractivity contribution < 1.29 is 12.8 Å². The highest BCUT2D eigenvalue weighted by molar-refractivity contribution is 7.92. The summed E-state index contributed by atoms with van der Waals surface area (Å²) in [5.74, 6) is 0.228. The van der Waals surface area contributed by atoms with E-state index in [1.165, 1.54) is 24.4 Å².